The van der Waals surface area contributed by atoms with Crippen molar-refractivity contribution < 1.29 is 9.47 Å². The van der Waals surface area contributed by atoms with E-state index in [1.807, 2.05) is 24.3 Å². The van der Waals surface area contributed by atoms with E-state index in [1.165, 1.54) is 5.39 Å². The van der Waals surface area contributed by atoms with Gasteiger partial charge in [-0.25, -0.2) is 0 Å². The van der Waals surface area contributed by atoms with E-state index >= 15 is 0 Å². The van der Waals surface area contributed by atoms with Gasteiger partial charge < -0.3 is 14.8 Å². The van der Waals surface area contributed by atoms with Crippen molar-refractivity contribution in [3.8, 4) is 5.75 Å². The van der Waals surface area contributed by atoms with Crippen molar-refractivity contribution in [1.29, 1.82) is 0 Å². The third-order valence-electron chi connectivity index (χ3n) is 3.15. The molecule has 0 amide bonds. The van der Waals surface area contributed by atoms with Crippen molar-refractivity contribution in [2.75, 3.05) is 20.3 Å². The van der Waals surface area contributed by atoms with Gasteiger partial charge in [0.05, 0.1) is 6.61 Å². The number of hydrogen-bond acceptors (Lipinski definition) is 3. The molecule has 0 saturated carbocycles. The van der Waals surface area contributed by atoms with Crippen LogP contribution in [0.3, 0.4) is 0 Å². The fourth-order valence-electron chi connectivity index (χ4n) is 2.17. The minimum absolute atomic E-state index is 0.00760. The summed E-state index contributed by atoms with van der Waals surface area (Å²) < 4.78 is 11.4. The first-order chi connectivity index (χ1) is 9.70. The highest BCUT2D eigenvalue weighted by Gasteiger charge is 2.12. The molecule has 0 aliphatic carbocycles. The second-order valence-electron chi connectivity index (χ2n) is 5.24. The van der Waals surface area contributed by atoms with E-state index < -0.39 is 0 Å². The molecule has 0 aliphatic heterocycles. The van der Waals surface area contributed by atoms with Gasteiger partial charge in [0.25, 0.3) is 0 Å². The average molecular weight is 273 g/mol. The second-order valence-corrected chi connectivity index (χ2v) is 5.24. The molecule has 0 saturated heterocycles. The number of methoxy groups -OCH3 is 1. The molecule has 0 fully saturated rings. The first-order valence-electron chi connectivity index (χ1n) is 7.07. The molecule has 0 aliphatic rings. The van der Waals surface area contributed by atoms with Crippen LogP contribution in [0.1, 0.15) is 13.8 Å². The van der Waals surface area contributed by atoms with Gasteiger partial charge in [0, 0.05) is 25.1 Å². The molecule has 2 aromatic rings. The number of fused-ring (bicyclic) bond motifs is 1. The predicted octanol–water partition coefficient (Wildman–Crippen LogP) is 3.23. The molecule has 20 heavy (non-hydrogen) atoms. The minimum atomic E-state index is 0.00760. The van der Waals surface area contributed by atoms with Gasteiger partial charge in [0.1, 0.15) is 11.9 Å². The summed E-state index contributed by atoms with van der Waals surface area (Å²) in [5, 5.41) is 5.73. The van der Waals surface area contributed by atoms with Crippen molar-refractivity contribution in [2.24, 2.45) is 0 Å². The lowest BCUT2D eigenvalue weighted by Crippen LogP contribution is -2.38. The number of nitrogens with one attached hydrogen (secondary N) is 1. The summed E-state index contributed by atoms with van der Waals surface area (Å²) in [6.45, 7) is 5.60. The Balaban J connectivity index is 2.15. The predicted molar refractivity (Wildman–Crippen MR) is 83.4 cm³/mol. The van der Waals surface area contributed by atoms with Gasteiger partial charge in [-0.3, -0.25) is 0 Å². The maximum Gasteiger partial charge on any atom is 0.134 e. The molecule has 1 unspecified atom stereocenters. The lowest BCUT2D eigenvalue weighted by atomic mass is 10.1. The molecule has 0 spiro atoms. The summed E-state index contributed by atoms with van der Waals surface area (Å²) >= 11 is 0. The molecule has 2 aromatic carbocycles. The van der Waals surface area contributed by atoms with Crippen LogP contribution >= 0.6 is 0 Å². The normalized spacial score (nSPS) is 12.8. The van der Waals surface area contributed by atoms with Crippen LogP contribution < -0.4 is 10.1 Å². The van der Waals surface area contributed by atoms with Crippen molar-refractivity contribution in [3.63, 3.8) is 0 Å². The monoisotopic (exact) mass is 273 g/mol. The maximum atomic E-state index is 6.13. The van der Waals surface area contributed by atoms with Crippen LogP contribution in [0, 0.1) is 0 Å². The van der Waals surface area contributed by atoms with E-state index in [9.17, 15) is 0 Å². The molecule has 0 radical (unpaired) electrons. The standard InChI is InChI=1S/C17H23NO2/c1-13(2)18-11-15(12-19-3)20-17-10-6-8-14-7-4-5-9-16(14)17/h4-10,13,15,18H,11-12H2,1-3H3. The Kier molecular flexibility index (Phi) is 5.39. The molecular weight excluding hydrogens is 250 g/mol. The Labute approximate surface area is 120 Å². The highest BCUT2D eigenvalue weighted by atomic mass is 16.5. The van der Waals surface area contributed by atoms with Gasteiger partial charge in [-0.15, -0.1) is 0 Å². The molecule has 1 N–H and O–H groups in total. The molecule has 0 aromatic heterocycles. The largest absolute Gasteiger partial charge is 0.486 e. The first-order valence-corrected chi connectivity index (χ1v) is 7.07. The Bertz CT molecular complexity index is 534. The van der Waals surface area contributed by atoms with Crippen LogP contribution in [-0.2, 0) is 4.74 Å². The van der Waals surface area contributed by atoms with Crippen LogP contribution in [0.2, 0.25) is 0 Å². The van der Waals surface area contributed by atoms with Crippen LogP contribution in [-0.4, -0.2) is 32.4 Å². The van der Waals surface area contributed by atoms with Crippen LogP contribution in [0.15, 0.2) is 42.5 Å². The molecular formula is C17H23NO2. The number of rotatable bonds is 7. The quantitative estimate of drug-likeness (QED) is 0.840. The number of benzene rings is 2. The summed E-state index contributed by atoms with van der Waals surface area (Å²) in [4.78, 5) is 0. The number of hydrogen-bond donors (Lipinski definition) is 1. The van der Waals surface area contributed by atoms with E-state index in [2.05, 4.69) is 37.4 Å². The maximum absolute atomic E-state index is 6.13. The van der Waals surface area contributed by atoms with Crippen LogP contribution in [0.25, 0.3) is 10.8 Å². The van der Waals surface area contributed by atoms with Crippen molar-refractivity contribution in [3.05, 3.63) is 42.5 Å². The molecule has 0 bridgehead atoms. The van der Waals surface area contributed by atoms with E-state index in [0.717, 1.165) is 17.7 Å². The zero-order valence-electron chi connectivity index (χ0n) is 12.4. The third kappa shape index (κ3) is 3.95. The molecule has 3 heteroatoms. The van der Waals surface area contributed by atoms with Crippen molar-refractivity contribution >= 4 is 10.8 Å². The lowest BCUT2D eigenvalue weighted by Gasteiger charge is -2.21. The van der Waals surface area contributed by atoms with Crippen molar-refractivity contribution in [1.82, 2.24) is 5.32 Å². The molecule has 0 heterocycles. The van der Waals surface area contributed by atoms with Crippen LogP contribution in [0.5, 0.6) is 5.75 Å². The molecule has 2 rings (SSSR count). The van der Waals surface area contributed by atoms with Gasteiger partial charge in [-0.1, -0.05) is 50.2 Å². The Morgan fingerprint density at radius 3 is 2.55 bits per heavy atom. The van der Waals surface area contributed by atoms with Gasteiger partial charge in [-0.05, 0) is 11.5 Å². The van der Waals surface area contributed by atoms with Gasteiger partial charge >= 0.3 is 0 Å². The zero-order chi connectivity index (χ0) is 14.4. The highest BCUT2D eigenvalue weighted by Crippen LogP contribution is 2.26. The fourth-order valence-corrected chi connectivity index (χ4v) is 2.17. The second kappa shape index (κ2) is 7.27. The Hall–Kier alpha value is -1.58. The van der Waals surface area contributed by atoms with Crippen molar-refractivity contribution in [2.45, 2.75) is 26.0 Å². The third-order valence-corrected chi connectivity index (χ3v) is 3.15. The van der Waals surface area contributed by atoms with E-state index in [1.54, 1.807) is 7.11 Å². The van der Waals surface area contributed by atoms with E-state index in [0.29, 0.717) is 12.6 Å². The summed E-state index contributed by atoms with van der Waals surface area (Å²) in [6, 6.07) is 14.8. The number of ether oxygens (including phenoxy) is 2. The minimum Gasteiger partial charge on any atom is -0.486 e. The molecule has 108 valence electrons. The zero-order valence-corrected chi connectivity index (χ0v) is 12.4. The smallest absolute Gasteiger partial charge is 0.134 e. The van der Waals surface area contributed by atoms with Crippen LogP contribution in [0.4, 0.5) is 0 Å². The summed E-state index contributed by atoms with van der Waals surface area (Å²) in [5.74, 6) is 0.913. The van der Waals surface area contributed by atoms with Gasteiger partial charge in [0.15, 0.2) is 0 Å². The van der Waals surface area contributed by atoms with E-state index in [4.69, 9.17) is 9.47 Å². The fraction of sp³-hybridized carbons (Fsp3) is 0.412. The SMILES string of the molecule is COCC(CNC(C)C)Oc1cccc2ccccc12. The molecule has 3 nitrogen and oxygen atoms in total. The first kappa shape index (κ1) is 14.8. The van der Waals surface area contributed by atoms with Gasteiger partial charge in [0.2, 0.25) is 0 Å². The lowest BCUT2D eigenvalue weighted by molar-refractivity contribution is 0.0804. The summed E-state index contributed by atoms with van der Waals surface area (Å²) in [7, 11) is 1.70. The molecule has 1 atom stereocenters. The van der Waals surface area contributed by atoms with Gasteiger partial charge in [-0.2, -0.15) is 0 Å². The average Bonchev–Trinajstić information content (AvgIpc) is 2.45. The highest BCUT2D eigenvalue weighted by molar-refractivity contribution is 5.88. The summed E-state index contributed by atoms with van der Waals surface area (Å²) in [6.07, 6.45) is 0.00760. The Morgan fingerprint density at radius 1 is 1.05 bits per heavy atom. The Morgan fingerprint density at radius 2 is 1.80 bits per heavy atom. The van der Waals surface area contributed by atoms with E-state index in [-0.39, 0.29) is 6.10 Å². The summed E-state index contributed by atoms with van der Waals surface area (Å²) in [5.41, 5.74) is 0. The topological polar surface area (TPSA) is 30.5 Å².